The van der Waals surface area contributed by atoms with E-state index in [1.54, 1.807) is 6.26 Å². The van der Waals surface area contributed by atoms with Crippen LogP contribution < -0.4 is 5.32 Å². The van der Waals surface area contributed by atoms with Gasteiger partial charge in [-0.3, -0.25) is 0 Å². The highest BCUT2D eigenvalue weighted by Crippen LogP contribution is 2.33. The Bertz CT molecular complexity index is 283. The van der Waals surface area contributed by atoms with Crippen molar-refractivity contribution >= 4 is 0 Å². The van der Waals surface area contributed by atoms with Crippen molar-refractivity contribution < 1.29 is 4.42 Å². The van der Waals surface area contributed by atoms with Crippen molar-refractivity contribution in [2.75, 3.05) is 0 Å². The quantitative estimate of drug-likeness (QED) is 0.819. The first-order valence-electron chi connectivity index (χ1n) is 5.94. The average molecular weight is 207 g/mol. The van der Waals surface area contributed by atoms with Crippen molar-refractivity contribution in [2.45, 2.75) is 51.6 Å². The molecule has 0 unspecified atom stereocenters. The van der Waals surface area contributed by atoms with E-state index in [9.17, 15) is 0 Å². The lowest BCUT2D eigenvalue weighted by Gasteiger charge is -2.33. The molecule has 84 valence electrons. The first-order valence-corrected chi connectivity index (χ1v) is 5.94. The summed E-state index contributed by atoms with van der Waals surface area (Å²) in [6, 6.07) is 2.03. The van der Waals surface area contributed by atoms with Crippen LogP contribution in [0.1, 0.15) is 45.1 Å². The highest BCUT2D eigenvalue weighted by atomic mass is 16.3. The van der Waals surface area contributed by atoms with E-state index in [4.69, 9.17) is 4.42 Å². The Kier molecular flexibility index (Phi) is 3.15. The smallest absolute Gasteiger partial charge is 0.0947 e. The molecule has 1 aliphatic rings. The van der Waals surface area contributed by atoms with Gasteiger partial charge in [-0.2, -0.15) is 0 Å². The molecule has 0 bridgehead atoms. The van der Waals surface area contributed by atoms with Crippen LogP contribution in [-0.2, 0) is 6.54 Å². The van der Waals surface area contributed by atoms with Crippen molar-refractivity contribution in [3.63, 3.8) is 0 Å². The van der Waals surface area contributed by atoms with Crippen molar-refractivity contribution in [1.29, 1.82) is 0 Å². The molecule has 1 heterocycles. The first-order chi connectivity index (χ1) is 7.18. The van der Waals surface area contributed by atoms with Gasteiger partial charge in [-0.1, -0.05) is 12.8 Å². The number of nitrogens with one attached hydrogen (secondary N) is 1. The van der Waals surface area contributed by atoms with E-state index in [0.29, 0.717) is 0 Å². The van der Waals surface area contributed by atoms with Crippen LogP contribution in [0.2, 0.25) is 0 Å². The predicted octanol–water partition coefficient (Wildman–Crippen LogP) is 3.34. The van der Waals surface area contributed by atoms with Crippen molar-refractivity contribution in [3.8, 4) is 0 Å². The number of rotatable bonds is 4. The van der Waals surface area contributed by atoms with E-state index in [0.717, 1.165) is 12.5 Å². The average Bonchev–Trinajstić information content (AvgIpc) is 2.88. The minimum absolute atomic E-state index is 0.258. The summed E-state index contributed by atoms with van der Waals surface area (Å²) >= 11 is 0. The highest BCUT2D eigenvalue weighted by Gasteiger charge is 2.30. The highest BCUT2D eigenvalue weighted by molar-refractivity contribution is 5.05. The first kappa shape index (κ1) is 10.7. The second kappa shape index (κ2) is 4.40. The van der Waals surface area contributed by atoms with Gasteiger partial charge in [0.1, 0.15) is 0 Å². The Morgan fingerprint density at radius 1 is 1.40 bits per heavy atom. The SMILES string of the molecule is CC(C)(NCc1ccoc1)C1CCCC1. The van der Waals surface area contributed by atoms with Crippen LogP contribution >= 0.6 is 0 Å². The zero-order chi connectivity index (χ0) is 10.7. The van der Waals surface area contributed by atoms with Gasteiger partial charge in [-0.15, -0.1) is 0 Å². The van der Waals surface area contributed by atoms with E-state index in [1.807, 2.05) is 12.3 Å². The van der Waals surface area contributed by atoms with Crippen molar-refractivity contribution in [3.05, 3.63) is 24.2 Å². The lowest BCUT2D eigenvalue weighted by molar-refractivity contribution is 0.254. The minimum Gasteiger partial charge on any atom is -0.472 e. The zero-order valence-electron chi connectivity index (χ0n) is 9.75. The summed E-state index contributed by atoms with van der Waals surface area (Å²) in [6.07, 6.45) is 9.12. The topological polar surface area (TPSA) is 25.2 Å². The van der Waals surface area contributed by atoms with Gasteiger partial charge in [0.25, 0.3) is 0 Å². The van der Waals surface area contributed by atoms with Gasteiger partial charge in [0.05, 0.1) is 12.5 Å². The fourth-order valence-electron chi connectivity index (χ4n) is 2.51. The maximum absolute atomic E-state index is 5.07. The maximum atomic E-state index is 5.07. The van der Waals surface area contributed by atoms with Crippen LogP contribution in [0.15, 0.2) is 23.0 Å². The molecule has 0 aromatic carbocycles. The molecule has 0 atom stereocenters. The summed E-state index contributed by atoms with van der Waals surface area (Å²) < 4.78 is 5.07. The molecule has 2 heteroatoms. The lowest BCUT2D eigenvalue weighted by atomic mass is 9.86. The molecule has 0 aliphatic heterocycles. The minimum atomic E-state index is 0.258. The largest absolute Gasteiger partial charge is 0.472 e. The van der Waals surface area contributed by atoms with Crippen molar-refractivity contribution in [2.24, 2.45) is 5.92 Å². The summed E-state index contributed by atoms with van der Waals surface area (Å²) in [5.41, 5.74) is 1.49. The van der Waals surface area contributed by atoms with Gasteiger partial charge in [-0.05, 0) is 38.7 Å². The van der Waals surface area contributed by atoms with E-state index in [1.165, 1.54) is 31.2 Å². The normalized spacial score (nSPS) is 18.5. The third-order valence-corrected chi connectivity index (χ3v) is 3.70. The fraction of sp³-hybridized carbons (Fsp3) is 0.692. The molecule has 0 saturated heterocycles. The van der Waals surface area contributed by atoms with E-state index in [2.05, 4.69) is 19.2 Å². The molecule has 15 heavy (non-hydrogen) atoms. The molecule has 1 aliphatic carbocycles. The van der Waals surface area contributed by atoms with Crippen LogP contribution in [0.5, 0.6) is 0 Å². The lowest BCUT2D eigenvalue weighted by Crippen LogP contribution is -2.44. The third kappa shape index (κ3) is 2.63. The summed E-state index contributed by atoms with van der Waals surface area (Å²) in [7, 11) is 0. The second-order valence-corrected chi connectivity index (χ2v) is 5.19. The molecule has 1 aromatic heterocycles. The molecular formula is C13H21NO. The van der Waals surface area contributed by atoms with Crippen LogP contribution in [0.3, 0.4) is 0 Å². The molecule has 1 saturated carbocycles. The van der Waals surface area contributed by atoms with Crippen LogP contribution in [-0.4, -0.2) is 5.54 Å². The number of furan rings is 1. The van der Waals surface area contributed by atoms with E-state index in [-0.39, 0.29) is 5.54 Å². The number of hydrogen-bond acceptors (Lipinski definition) is 2. The molecule has 0 radical (unpaired) electrons. The van der Waals surface area contributed by atoms with Gasteiger partial charge >= 0.3 is 0 Å². The van der Waals surface area contributed by atoms with Crippen LogP contribution in [0.25, 0.3) is 0 Å². The van der Waals surface area contributed by atoms with Gasteiger partial charge in [0.15, 0.2) is 0 Å². The van der Waals surface area contributed by atoms with Crippen LogP contribution in [0.4, 0.5) is 0 Å². The van der Waals surface area contributed by atoms with Gasteiger partial charge in [0.2, 0.25) is 0 Å². The Labute approximate surface area is 92.1 Å². The van der Waals surface area contributed by atoms with Crippen LogP contribution in [0, 0.1) is 5.92 Å². The zero-order valence-corrected chi connectivity index (χ0v) is 9.75. The number of hydrogen-bond donors (Lipinski definition) is 1. The Hall–Kier alpha value is -0.760. The van der Waals surface area contributed by atoms with E-state index >= 15 is 0 Å². The Balaban J connectivity index is 1.86. The van der Waals surface area contributed by atoms with Gasteiger partial charge in [0, 0.05) is 17.6 Å². The van der Waals surface area contributed by atoms with E-state index < -0.39 is 0 Å². The predicted molar refractivity (Wildman–Crippen MR) is 61.6 cm³/mol. The summed E-state index contributed by atoms with van der Waals surface area (Å²) in [5, 5.41) is 3.64. The third-order valence-electron chi connectivity index (χ3n) is 3.70. The second-order valence-electron chi connectivity index (χ2n) is 5.19. The Morgan fingerprint density at radius 2 is 2.13 bits per heavy atom. The summed E-state index contributed by atoms with van der Waals surface area (Å²) in [5.74, 6) is 0.837. The molecule has 1 fully saturated rings. The monoisotopic (exact) mass is 207 g/mol. The maximum Gasteiger partial charge on any atom is 0.0947 e. The van der Waals surface area contributed by atoms with Gasteiger partial charge < -0.3 is 9.73 Å². The molecule has 2 nitrogen and oxygen atoms in total. The van der Waals surface area contributed by atoms with Gasteiger partial charge in [-0.25, -0.2) is 0 Å². The fourth-order valence-corrected chi connectivity index (χ4v) is 2.51. The molecular weight excluding hydrogens is 186 g/mol. The van der Waals surface area contributed by atoms with Crippen molar-refractivity contribution in [1.82, 2.24) is 5.32 Å². The standard InChI is InChI=1S/C13H21NO/c1-13(2,12-5-3-4-6-12)14-9-11-7-8-15-10-11/h7-8,10,12,14H,3-6,9H2,1-2H3. The molecule has 1 aromatic rings. The molecule has 2 rings (SSSR count). The molecule has 0 spiro atoms. The summed E-state index contributed by atoms with van der Waals surface area (Å²) in [4.78, 5) is 0. The molecule has 0 amide bonds. The Morgan fingerprint density at radius 3 is 2.73 bits per heavy atom. The molecule has 1 N–H and O–H groups in total. The summed E-state index contributed by atoms with van der Waals surface area (Å²) in [6.45, 7) is 5.56.